The third-order valence-corrected chi connectivity index (χ3v) is 3.42. The smallest absolute Gasteiger partial charge is 0.348 e. The van der Waals surface area contributed by atoms with Crippen LogP contribution in [0.25, 0.3) is 11.0 Å². The predicted octanol–water partition coefficient (Wildman–Crippen LogP) is -2.08. The van der Waals surface area contributed by atoms with Crippen LogP contribution in [0.2, 0.25) is 0 Å². The summed E-state index contributed by atoms with van der Waals surface area (Å²) in [5, 5.41) is 29.3. The Balaban J connectivity index is 2.09. The van der Waals surface area contributed by atoms with E-state index in [4.69, 9.17) is 15.6 Å². The van der Waals surface area contributed by atoms with Crippen molar-refractivity contribution in [3.63, 3.8) is 0 Å². The highest BCUT2D eigenvalue weighted by Crippen LogP contribution is 2.32. The molecule has 3 rings (SSSR count). The quantitative estimate of drug-likeness (QED) is 0.424. The van der Waals surface area contributed by atoms with Crippen LogP contribution >= 0.6 is 0 Å². The number of hydrogen-bond donors (Lipinski definition) is 5. The summed E-state index contributed by atoms with van der Waals surface area (Å²) in [5.74, 6) is 0.158. The summed E-state index contributed by atoms with van der Waals surface area (Å²) in [4.78, 5) is 17.5. The molecular formula is C11H14N4O5. The van der Waals surface area contributed by atoms with Gasteiger partial charge in [-0.3, -0.25) is 4.98 Å². The fourth-order valence-corrected chi connectivity index (χ4v) is 2.39. The van der Waals surface area contributed by atoms with Gasteiger partial charge in [0, 0.05) is 6.20 Å². The van der Waals surface area contributed by atoms with Crippen LogP contribution in [0, 0.1) is 0 Å². The summed E-state index contributed by atoms with van der Waals surface area (Å²) in [6, 6.07) is 1.61. The van der Waals surface area contributed by atoms with Crippen molar-refractivity contribution < 1.29 is 20.1 Å². The van der Waals surface area contributed by atoms with Gasteiger partial charge in [0.15, 0.2) is 11.9 Å². The SMILES string of the molecule is Nc1[nH]c(=O)nc2c1ccn2[C@@H]1O[C@H](CO)[C@@H](O)[C@H]1O. The van der Waals surface area contributed by atoms with Crippen molar-refractivity contribution in [2.24, 2.45) is 0 Å². The van der Waals surface area contributed by atoms with Gasteiger partial charge in [0.2, 0.25) is 0 Å². The molecule has 0 saturated carbocycles. The lowest BCUT2D eigenvalue weighted by atomic mass is 10.1. The largest absolute Gasteiger partial charge is 0.394 e. The Labute approximate surface area is 112 Å². The first-order valence-electron chi connectivity index (χ1n) is 6.01. The second-order valence-electron chi connectivity index (χ2n) is 4.64. The molecule has 0 spiro atoms. The highest BCUT2D eigenvalue weighted by molar-refractivity contribution is 5.86. The molecule has 4 atom stereocenters. The topological polar surface area (TPSA) is 147 Å². The Bertz CT molecular complexity index is 696. The number of aliphatic hydroxyl groups is 3. The van der Waals surface area contributed by atoms with Gasteiger partial charge in [-0.2, -0.15) is 4.98 Å². The minimum atomic E-state index is -1.25. The molecule has 0 aliphatic carbocycles. The molecule has 1 aliphatic rings. The van der Waals surface area contributed by atoms with E-state index >= 15 is 0 Å². The molecule has 0 amide bonds. The van der Waals surface area contributed by atoms with Crippen LogP contribution in [0.15, 0.2) is 17.1 Å². The Morgan fingerprint density at radius 3 is 2.85 bits per heavy atom. The number of fused-ring (bicyclic) bond motifs is 1. The number of aliphatic hydroxyl groups excluding tert-OH is 3. The van der Waals surface area contributed by atoms with Crippen molar-refractivity contribution in [2.75, 3.05) is 12.3 Å². The molecule has 0 aromatic carbocycles. The van der Waals surface area contributed by atoms with Crippen molar-refractivity contribution in [3.05, 3.63) is 22.7 Å². The van der Waals surface area contributed by atoms with Gasteiger partial charge in [0.1, 0.15) is 24.1 Å². The lowest BCUT2D eigenvalue weighted by Gasteiger charge is -2.17. The van der Waals surface area contributed by atoms with Gasteiger partial charge in [-0.25, -0.2) is 4.79 Å². The number of nitrogens with one attached hydrogen (secondary N) is 1. The minimum Gasteiger partial charge on any atom is -0.394 e. The van der Waals surface area contributed by atoms with Crippen LogP contribution in [0.5, 0.6) is 0 Å². The van der Waals surface area contributed by atoms with Gasteiger partial charge in [-0.1, -0.05) is 0 Å². The predicted molar refractivity (Wildman–Crippen MR) is 67.8 cm³/mol. The Kier molecular flexibility index (Phi) is 2.98. The molecule has 20 heavy (non-hydrogen) atoms. The van der Waals surface area contributed by atoms with E-state index in [0.717, 1.165) is 0 Å². The normalized spacial score (nSPS) is 30.1. The standard InChI is InChI=1S/C11H14N4O5/c12-8-4-1-2-15(9(4)14-11(19)13-8)10-7(18)6(17)5(3-16)20-10/h1-2,5-7,10,16-18H,3H2,(H3,12,13,14,19)/t5-,6-,7-,10-/m1/s1. The molecule has 1 fully saturated rings. The number of aromatic amines is 1. The number of hydrogen-bond acceptors (Lipinski definition) is 7. The van der Waals surface area contributed by atoms with E-state index in [9.17, 15) is 15.0 Å². The molecule has 9 nitrogen and oxygen atoms in total. The van der Waals surface area contributed by atoms with E-state index < -0.39 is 36.8 Å². The monoisotopic (exact) mass is 282 g/mol. The summed E-state index contributed by atoms with van der Waals surface area (Å²) >= 11 is 0. The molecule has 2 aromatic heterocycles. The maximum absolute atomic E-state index is 11.4. The summed E-state index contributed by atoms with van der Waals surface area (Å²) in [6.45, 7) is -0.427. The second kappa shape index (κ2) is 4.56. The Morgan fingerprint density at radius 2 is 2.20 bits per heavy atom. The summed E-state index contributed by atoms with van der Waals surface area (Å²) in [7, 11) is 0. The lowest BCUT2D eigenvalue weighted by molar-refractivity contribution is -0.0508. The average Bonchev–Trinajstić information content (AvgIpc) is 2.93. The third kappa shape index (κ3) is 1.79. The molecule has 3 heterocycles. The van der Waals surface area contributed by atoms with E-state index in [1.807, 2.05) is 0 Å². The Morgan fingerprint density at radius 1 is 1.45 bits per heavy atom. The van der Waals surface area contributed by atoms with Gasteiger partial charge in [-0.15, -0.1) is 0 Å². The van der Waals surface area contributed by atoms with Crippen molar-refractivity contribution in [1.29, 1.82) is 0 Å². The van der Waals surface area contributed by atoms with Crippen LogP contribution in [0.3, 0.4) is 0 Å². The number of nitrogen functional groups attached to an aromatic ring is 1. The van der Waals surface area contributed by atoms with Crippen molar-refractivity contribution >= 4 is 16.9 Å². The van der Waals surface area contributed by atoms with E-state index in [1.165, 1.54) is 4.57 Å². The molecule has 108 valence electrons. The third-order valence-electron chi connectivity index (χ3n) is 3.42. The van der Waals surface area contributed by atoms with Crippen LogP contribution in [-0.2, 0) is 4.74 Å². The van der Waals surface area contributed by atoms with Crippen LogP contribution < -0.4 is 11.4 Å². The number of anilines is 1. The molecule has 0 unspecified atom stereocenters. The van der Waals surface area contributed by atoms with E-state index in [-0.39, 0.29) is 11.5 Å². The van der Waals surface area contributed by atoms with Gasteiger partial charge in [0.25, 0.3) is 0 Å². The molecular weight excluding hydrogens is 268 g/mol. The fourth-order valence-electron chi connectivity index (χ4n) is 2.39. The summed E-state index contributed by atoms with van der Waals surface area (Å²) < 4.78 is 6.79. The first-order chi connectivity index (χ1) is 9.52. The maximum atomic E-state index is 11.4. The number of aromatic nitrogens is 3. The Hall–Kier alpha value is -1.94. The minimum absolute atomic E-state index is 0.158. The number of nitrogens with two attached hydrogens (primary N) is 1. The number of nitrogens with zero attached hydrogens (tertiary/aromatic N) is 2. The van der Waals surface area contributed by atoms with Crippen LogP contribution in [-0.4, -0.2) is 54.8 Å². The van der Waals surface area contributed by atoms with Crippen molar-refractivity contribution in [1.82, 2.24) is 14.5 Å². The first kappa shape index (κ1) is 13.1. The van der Waals surface area contributed by atoms with Gasteiger partial charge >= 0.3 is 5.69 Å². The van der Waals surface area contributed by atoms with E-state index in [1.54, 1.807) is 12.3 Å². The van der Waals surface area contributed by atoms with E-state index in [0.29, 0.717) is 5.39 Å². The highest BCUT2D eigenvalue weighted by atomic mass is 16.6. The van der Waals surface area contributed by atoms with Gasteiger partial charge in [-0.05, 0) is 6.07 Å². The summed E-state index contributed by atoms with van der Waals surface area (Å²) in [6.07, 6.45) is -2.77. The highest BCUT2D eigenvalue weighted by Gasteiger charge is 2.43. The van der Waals surface area contributed by atoms with E-state index in [2.05, 4.69) is 9.97 Å². The molecule has 0 radical (unpaired) electrons. The molecule has 6 N–H and O–H groups in total. The number of ether oxygens (including phenoxy) is 1. The summed E-state index contributed by atoms with van der Waals surface area (Å²) in [5.41, 5.74) is 5.30. The lowest BCUT2D eigenvalue weighted by Crippen LogP contribution is -2.33. The van der Waals surface area contributed by atoms with Gasteiger partial charge < -0.3 is 30.4 Å². The van der Waals surface area contributed by atoms with Crippen molar-refractivity contribution in [3.8, 4) is 0 Å². The second-order valence-corrected chi connectivity index (χ2v) is 4.64. The maximum Gasteiger partial charge on any atom is 0.348 e. The molecule has 0 bridgehead atoms. The number of H-pyrrole nitrogens is 1. The molecule has 1 aliphatic heterocycles. The van der Waals surface area contributed by atoms with Crippen LogP contribution in [0.1, 0.15) is 6.23 Å². The number of rotatable bonds is 2. The first-order valence-corrected chi connectivity index (χ1v) is 6.01. The van der Waals surface area contributed by atoms with Crippen molar-refractivity contribution in [2.45, 2.75) is 24.5 Å². The molecule has 9 heteroatoms. The zero-order chi connectivity index (χ0) is 14.4. The van der Waals surface area contributed by atoms with Gasteiger partial charge in [0.05, 0.1) is 12.0 Å². The fraction of sp³-hybridized carbons (Fsp3) is 0.455. The average molecular weight is 282 g/mol. The zero-order valence-electron chi connectivity index (χ0n) is 10.3. The molecule has 2 aromatic rings. The molecule has 1 saturated heterocycles. The van der Waals surface area contributed by atoms with Crippen LogP contribution in [0.4, 0.5) is 5.82 Å². The zero-order valence-corrected chi connectivity index (χ0v) is 10.3.